The summed E-state index contributed by atoms with van der Waals surface area (Å²) >= 11 is 6.05. The molecule has 10 heteroatoms. The van der Waals surface area contributed by atoms with E-state index in [1.54, 1.807) is 29.9 Å². The number of sulfonamides is 1. The Balaban J connectivity index is 1.83. The summed E-state index contributed by atoms with van der Waals surface area (Å²) in [5.41, 5.74) is 2.38. The summed E-state index contributed by atoms with van der Waals surface area (Å²) in [6.07, 6.45) is 6.20. The summed E-state index contributed by atoms with van der Waals surface area (Å²) in [4.78, 5) is 15.1. The van der Waals surface area contributed by atoms with Crippen molar-refractivity contribution in [2.45, 2.75) is 23.9 Å². The van der Waals surface area contributed by atoms with Crippen molar-refractivity contribution in [3.63, 3.8) is 0 Å². The summed E-state index contributed by atoms with van der Waals surface area (Å²) in [6, 6.07) is 7.00. The lowest BCUT2D eigenvalue weighted by Gasteiger charge is -2.25. The Kier molecular flexibility index (Phi) is 5.52. The van der Waals surface area contributed by atoms with Gasteiger partial charge < -0.3 is 9.47 Å². The molecule has 3 heterocycles. The molecule has 0 aliphatic carbocycles. The van der Waals surface area contributed by atoms with Crippen LogP contribution in [0.4, 0.5) is 5.95 Å². The number of imidazole rings is 1. The summed E-state index contributed by atoms with van der Waals surface area (Å²) in [7, 11) is 1.72. The fourth-order valence-electron chi connectivity index (χ4n) is 3.65. The maximum absolute atomic E-state index is 13.3. The van der Waals surface area contributed by atoms with Crippen LogP contribution in [-0.4, -0.2) is 52.9 Å². The molecule has 1 saturated heterocycles. The van der Waals surface area contributed by atoms with E-state index in [9.17, 15) is 8.42 Å². The predicted octanol–water partition coefficient (Wildman–Crippen LogP) is 3.12. The average molecular weight is 447 g/mol. The summed E-state index contributed by atoms with van der Waals surface area (Å²) in [5.74, 6) is 0.532. The van der Waals surface area contributed by atoms with Gasteiger partial charge in [0.05, 0.1) is 18.1 Å². The topological polar surface area (TPSA) is 84.2 Å². The molecule has 4 rings (SSSR count). The van der Waals surface area contributed by atoms with Gasteiger partial charge in [-0.15, -0.1) is 0 Å². The Labute approximate surface area is 181 Å². The number of aromatic nitrogens is 4. The highest BCUT2D eigenvalue weighted by atomic mass is 35.5. The molecule has 8 nitrogen and oxygen atoms in total. The van der Waals surface area contributed by atoms with Gasteiger partial charge in [-0.1, -0.05) is 23.7 Å². The molecule has 0 amide bonds. The van der Waals surface area contributed by atoms with Gasteiger partial charge in [0, 0.05) is 50.7 Å². The predicted molar refractivity (Wildman–Crippen MR) is 116 cm³/mol. The molecular weight excluding hydrogens is 424 g/mol. The number of halogens is 1. The lowest BCUT2D eigenvalue weighted by Crippen LogP contribution is -2.32. The molecule has 0 spiro atoms. The van der Waals surface area contributed by atoms with Gasteiger partial charge in [-0.05, 0) is 30.5 Å². The van der Waals surface area contributed by atoms with E-state index >= 15 is 0 Å². The SMILES string of the molecule is CN(C)c1ncc(-c2ccc(Cl)cc2)c(C2CCCN2S(=O)(=O)c2cn(C)cn2)n1. The molecule has 1 fully saturated rings. The Morgan fingerprint density at radius 3 is 2.53 bits per heavy atom. The molecular formula is C20H23ClN6O2S. The number of anilines is 1. The van der Waals surface area contributed by atoms with Crippen molar-refractivity contribution in [3.8, 4) is 11.1 Å². The van der Waals surface area contributed by atoms with E-state index in [0.717, 1.165) is 17.5 Å². The number of rotatable bonds is 5. The maximum atomic E-state index is 13.3. The highest BCUT2D eigenvalue weighted by molar-refractivity contribution is 7.89. The van der Waals surface area contributed by atoms with Crippen molar-refractivity contribution in [3.05, 3.63) is 53.7 Å². The van der Waals surface area contributed by atoms with Crippen LogP contribution in [0.25, 0.3) is 11.1 Å². The second kappa shape index (κ2) is 7.98. The first-order valence-corrected chi connectivity index (χ1v) is 11.4. The maximum Gasteiger partial charge on any atom is 0.262 e. The summed E-state index contributed by atoms with van der Waals surface area (Å²) < 4.78 is 29.8. The van der Waals surface area contributed by atoms with Crippen LogP contribution in [0.5, 0.6) is 0 Å². The monoisotopic (exact) mass is 446 g/mol. The first-order valence-electron chi connectivity index (χ1n) is 9.57. The molecule has 0 radical (unpaired) electrons. The van der Waals surface area contributed by atoms with Crippen LogP contribution >= 0.6 is 11.6 Å². The molecule has 2 aromatic heterocycles. The van der Waals surface area contributed by atoms with Crippen molar-refractivity contribution in [1.29, 1.82) is 0 Å². The van der Waals surface area contributed by atoms with Crippen molar-refractivity contribution in [2.24, 2.45) is 7.05 Å². The Bertz CT molecular complexity index is 1160. The molecule has 1 aromatic carbocycles. The van der Waals surface area contributed by atoms with E-state index in [1.165, 1.54) is 16.8 Å². The number of hydrogen-bond donors (Lipinski definition) is 0. The quantitative estimate of drug-likeness (QED) is 0.598. The van der Waals surface area contributed by atoms with Gasteiger partial charge in [0.25, 0.3) is 10.0 Å². The third-order valence-corrected chi connectivity index (χ3v) is 7.18. The molecule has 0 saturated carbocycles. The van der Waals surface area contributed by atoms with Gasteiger partial charge >= 0.3 is 0 Å². The van der Waals surface area contributed by atoms with Crippen LogP contribution in [-0.2, 0) is 17.1 Å². The van der Waals surface area contributed by atoms with Crippen molar-refractivity contribution >= 4 is 27.6 Å². The Morgan fingerprint density at radius 2 is 1.90 bits per heavy atom. The number of benzene rings is 1. The van der Waals surface area contributed by atoms with Crippen LogP contribution in [0.1, 0.15) is 24.6 Å². The lowest BCUT2D eigenvalue weighted by molar-refractivity contribution is 0.389. The summed E-state index contributed by atoms with van der Waals surface area (Å²) in [5, 5.41) is 0.679. The van der Waals surface area contributed by atoms with Gasteiger partial charge in [-0.25, -0.2) is 23.4 Å². The molecule has 0 bridgehead atoms. The van der Waals surface area contributed by atoms with E-state index in [1.807, 2.05) is 31.1 Å². The summed E-state index contributed by atoms with van der Waals surface area (Å²) in [6.45, 7) is 0.422. The van der Waals surface area contributed by atoms with E-state index in [-0.39, 0.29) is 5.03 Å². The van der Waals surface area contributed by atoms with Gasteiger partial charge in [-0.3, -0.25) is 0 Å². The van der Waals surface area contributed by atoms with E-state index in [0.29, 0.717) is 29.6 Å². The minimum atomic E-state index is -3.75. The standard InChI is InChI=1S/C20H23ClN6O2S/c1-25(2)20-22-11-16(14-6-8-15(21)9-7-14)19(24-20)17-5-4-10-27(17)30(28,29)18-12-26(3)13-23-18/h6-9,11-13,17H,4-5,10H2,1-3H3. The van der Waals surface area contributed by atoms with Crippen molar-refractivity contribution in [1.82, 2.24) is 23.8 Å². The zero-order valence-electron chi connectivity index (χ0n) is 17.0. The zero-order valence-corrected chi connectivity index (χ0v) is 18.6. The van der Waals surface area contributed by atoms with E-state index in [2.05, 4.69) is 9.97 Å². The first-order chi connectivity index (χ1) is 14.3. The third-order valence-electron chi connectivity index (χ3n) is 5.13. The van der Waals surface area contributed by atoms with Crippen LogP contribution in [0.3, 0.4) is 0 Å². The Morgan fingerprint density at radius 1 is 1.17 bits per heavy atom. The minimum Gasteiger partial charge on any atom is -0.347 e. The molecule has 3 aromatic rings. The van der Waals surface area contributed by atoms with E-state index < -0.39 is 16.1 Å². The van der Waals surface area contributed by atoms with Crippen molar-refractivity contribution in [2.75, 3.05) is 25.5 Å². The third kappa shape index (κ3) is 3.80. The molecule has 1 atom stereocenters. The smallest absolute Gasteiger partial charge is 0.262 e. The Hall–Kier alpha value is -2.49. The number of aryl methyl sites for hydroxylation is 1. The fraction of sp³-hybridized carbons (Fsp3) is 0.350. The molecule has 0 N–H and O–H groups in total. The molecule has 158 valence electrons. The first kappa shape index (κ1) is 20.8. The number of nitrogens with zero attached hydrogens (tertiary/aromatic N) is 6. The highest BCUT2D eigenvalue weighted by Crippen LogP contribution is 2.40. The molecule has 1 aliphatic rings. The lowest BCUT2D eigenvalue weighted by atomic mass is 10.0. The second-order valence-electron chi connectivity index (χ2n) is 7.52. The fourth-order valence-corrected chi connectivity index (χ4v) is 5.41. The highest BCUT2D eigenvalue weighted by Gasteiger charge is 2.39. The normalized spacial score (nSPS) is 17.4. The second-order valence-corrected chi connectivity index (χ2v) is 9.80. The molecule has 30 heavy (non-hydrogen) atoms. The molecule has 1 unspecified atom stereocenters. The van der Waals surface area contributed by atoms with Gasteiger partial charge in [0.15, 0.2) is 5.03 Å². The van der Waals surface area contributed by atoms with Crippen LogP contribution in [0.2, 0.25) is 5.02 Å². The van der Waals surface area contributed by atoms with Crippen LogP contribution in [0.15, 0.2) is 48.0 Å². The van der Waals surface area contributed by atoms with Crippen LogP contribution < -0.4 is 4.90 Å². The molecule has 1 aliphatic heterocycles. The van der Waals surface area contributed by atoms with Gasteiger partial charge in [-0.2, -0.15) is 4.31 Å². The zero-order chi connectivity index (χ0) is 21.5. The largest absolute Gasteiger partial charge is 0.347 e. The van der Waals surface area contributed by atoms with Crippen LogP contribution in [0, 0.1) is 0 Å². The van der Waals surface area contributed by atoms with E-state index in [4.69, 9.17) is 16.6 Å². The van der Waals surface area contributed by atoms with Gasteiger partial charge in [0.1, 0.15) is 0 Å². The van der Waals surface area contributed by atoms with Crippen molar-refractivity contribution < 1.29 is 8.42 Å². The van der Waals surface area contributed by atoms with Gasteiger partial charge in [0.2, 0.25) is 5.95 Å². The minimum absolute atomic E-state index is 0.0480. The number of hydrogen-bond acceptors (Lipinski definition) is 6. The average Bonchev–Trinajstić information content (AvgIpc) is 3.38.